The number of benzene rings is 8. The van der Waals surface area contributed by atoms with Crippen molar-refractivity contribution in [1.82, 2.24) is 0 Å². The van der Waals surface area contributed by atoms with Crippen molar-refractivity contribution in [3.8, 4) is 16.9 Å². The van der Waals surface area contributed by atoms with Crippen LogP contribution in [0.5, 0.6) is 5.75 Å². The van der Waals surface area contributed by atoms with Crippen molar-refractivity contribution in [2.45, 2.75) is 6.92 Å². The van der Waals surface area contributed by atoms with Gasteiger partial charge < -0.3 is 14.5 Å². The molecule has 0 bridgehead atoms. The summed E-state index contributed by atoms with van der Waals surface area (Å²) in [5.74, 6) is 0.0308. The van der Waals surface area contributed by atoms with E-state index in [1.807, 2.05) is 24.3 Å². The molecule has 0 aromatic heterocycles. The molecule has 0 atom stereocenters. The third kappa shape index (κ3) is 6.41. The van der Waals surface area contributed by atoms with Gasteiger partial charge in [-0.1, -0.05) is 122 Å². The van der Waals surface area contributed by atoms with Gasteiger partial charge in [0.15, 0.2) is 0 Å². The lowest BCUT2D eigenvalue weighted by Crippen LogP contribution is -2.11. The van der Waals surface area contributed by atoms with Crippen molar-refractivity contribution in [2.75, 3.05) is 9.80 Å². The zero-order chi connectivity index (χ0) is 35.4. The predicted octanol–water partition coefficient (Wildman–Crippen LogP) is 13.1. The zero-order valence-corrected chi connectivity index (χ0v) is 28.8. The molecule has 0 fully saturated rings. The van der Waals surface area contributed by atoms with Crippen LogP contribution in [0.4, 0.5) is 34.1 Å². The molecule has 0 radical (unpaired) electrons. The molecule has 0 spiro atoms. The molecule has 250 valence electrons. The highest BCUT2D eigenvalue weighted by Gasteiger charge is 2.18. The number of para-hydroxylation sites is 1. The van der Waals surface area contributed by atoms with Crippen LogP contribution >= 0.6 is 0 Å². The van der Waals surface area contributed by atoms with Gasteiger partial charge in [-0.25, -0.2) is 4.79 Å². The van der Waals surface area contributed by atoms with Crippen molar-refractivity contribution in [1.29, 1.82) is 0 Å². The summed E-state index contributed by atoms with van der Waals surface area (Å²) in [5.41, 5.74) is 8.93. The fourth-order valence-corrected chi connectivity index (χ4v) is 6.70. The Bertz CT molecular complexity index is 2510. The second-order valence-electron chi connectivity index (χ2n) is 12.8. The molecule has 0 heterocycles. The van der Waals surface area contributed by atoms with Gasteiger partial charge >= 0.3 is 5.97 Å². The third-order valence-corrected chi connectivity index (χ3v) is 9.27. The van der Waals surface area contributed by atoms with Gasteiger partial charge in [0, 0.05) is 39.1 Å². The summed E-state index contributed by atoms with van der Waals surface area (Å²) in [7, 11) is 0. The highest BCUT2D eigenvalue weighted by Crippen LogP contribution is 2.42. The maximum Gasteiger partial charge on any atom is 0.338 e. The first-order chi connectivity index (χ1) is 25.5. The molecule has 0 saturated heterocycles. The average Bonchev–Trinajstić information content (AvgIpc) is 3.20. The van der Waals surface area contributed by atoms with Crippen LogP contribution in [-0.4, -0.2) is 5.97 Å². The molecule has 8 rings (SSSR count). The molecule has 8 aromatic carbocycles. The van der Waals surface area contributed by atoms with Crippen LogP contribution in [0.15, 0.2) is 200 Å². The minimum atomic E-state index is -0.441. The Labute approximate surface area is 304 Å². The summed E-state index contributed by atoms with van der Waals surface area (Å²) >= 11 is 0. The molecule has 0 amide bonds. The van der Waals surface area contributed by atoms with Gasteiger partial charge in [-0.05, 0) is 102 Å². The number of fused-ring (bicyclic) bond motifs is 2. The molecule has 0 aliphatic carbocycles. The molecule has 8 aromatic rings. The molecule has 0 aliphatic heterocycles. The van der Waals surface area contributed by atoms with Gasteiger partial charge in [0.2, 0.25) is 0 Å². The molecule has 52 heavy (non-hydrogen) atoms. The van der Waals surface area contributed by atoms with Crippen molar-refractivity contribution < 1.29 is 9.53 Å². The number of esters is 1. The van der Waals surface area contributed by atoms with E-state index in [2.05, 4.69) is 180 Å². The summed E-state index contributed by atoms with van der Waals surface area (Å²) in [5, 5.41) is 4.70. The van der Waals surface area contributed by atoms with Crippen LogP contribution in [0.1, 0.15) is 6.92 Å². The lowest BCUT2D eigenvalue weighted by Gasteiger charge is -2.27. The van der Waals surface area contributed by atoms with Crippen LogP contribution in [0, 0.1) is 0 Å². The fourth-order valence-electron chi connectivity index (χ4n) is 6.70. The number of ether oxygens (including phenoxy) is 1. The zero-order valence-electron chi connectivity index (χ0n) is 28.8. The Morgan fingerprint density at radius 2 is 0.827 bits per heavy atom. The van der Waals surface area contributed by atoms with E-state index in [9.17, 15) is 4.79 Å². The Morgan fingerprint density at radius 1 is 0.442 bits per heavy atom. The summed E-state index contributed by atoms with van der Waals surface area (Å²) in [4.78, 5) is 16.7. The minimum Gasteiger partial charge on any atom is -0.423 e. The molecule has 0 aliphatic rings. The Balaban J connectivity index is 1.14. The van der Waals surface area contributed by atoms with E-state index >= 15 is 0 Å². The first-order valence-electron chi connectivity index (χ1n) is 17.3. The Kier molecular flexibility index (Phi) is 8.78. The number of carbonyl (C=O) groups excluding carboxylic acids is 1. The van der Waals surface area contributed by atoms with E-state index in [0.29, 0.717) is 11.3 Å². The number of hydrogen-bond donors (Lipinski definition) is 0. The van der Waals surface area contributed by atoms with Crippen LogP contribution in [0.25, 0.3) is 32.7 Å². The number of hydrogen-bond acceptors (Lipinski definition) is 4. The first kappa shape index (κ1) is 32.3. The Morgan fingerprint density at radius 3 is 1.29 bits per heavy atom. The third-order valence-electron chi connectivity index (χ3n) is 9.27. The minimum absolute atomic E-state index is 0.356. The van der Waals surface area contributed by atoms with Crippen LogP contribution in [0.2, 0.25) is 0 Å². The number of anilines is 6. The van der Waals surface area contributed by atoms with E-state index in [1.54, 1.807) is 6.92 Å². The number of carbonyl (C=O) groups is 1. The van der Waals surface area contributed by atoms with Gasteiger partial charge in [-0.2, -0.15) is 0 Å². The quantitative estimate of drug-likeness (QED) is 0.0868. The van der Waals surface area contributed by atoms with Crippen molar-refractivity contribution in [3.05, 3.63) is 200 Å². The summed E-state index contributed by atoms with van der Waals surface area (Å²) in [6, 6.07) is 65.3. The van der Waals surface area contributed by atoms with Crippen molar-refractivity contribution >= 4 is 61.6 Å². The van der Waals surface area contributed by atoms with Gasteiger partial charge in [0.1, 0.15) is 5.75 Å². The van der Waals surface area contributed by atoms with Gasteiger partial charge in [0.25, 0.3) is 0 Å². The smallest absolute Gasteiger partial charge is 0.338 e. The SMILES string of the molecule is C=C(C)C(=O)Oc1ccc(N(c2ccc(-c3ccc(N(c4ccccc4)c4cccc5ccccc45)cc3)cc2)c2cccc3ccccc23)cc1. The lowest BCUT2D eigenvalue weighted by atomic mass is 10.0. The lowest BCUT2D eigenvalue weighted by molar-refractivity contribution is -0.130. The molecule has 0 N–H and O–H groups in total. The molecule has 4 heteroatoms. The predicted molar refractivity (Wildman–Crippen MR) is 217 cm³/mol. The largest absolute Gasteiger partial charge is 0.423 e. The summed E-state index contributed by atoms with van der Waals surface area (Å²) in [6.45, 7) is 5.34. The highest BCUT2D eigenvalue weighted by molar-refractivity contribution is 6.00. The molecule has 0 saturated carbocycles. The standard InChI is InChI=1S/C48H36N2O2/c1-34(2)48(51)52-43-32-30-42(31-33-43)50(47-21-11-15-38-13-7-9-19-45(38)47)41-28-24-36(25-29-41)35-22-26-40(27-23-35)49(39-16-4-3-5-17-39)46-20-10-14-37-12-6-8-18-44(37)46/h3-33H,1H2,2H3. The Hall–Kier alpha value is -6.91. The van der Waals surface area contributed by atoms with Gasteiger partial charge in [-0.3, -0.25) is 0 Å². The average molecular weight is 673 g/mol. The van der Waals surface area contributed by atoms with E-state index in [0.717, 1.165) is 56.0 Å². The molecular formula is C48H36N2O2. The normalized spacial score (nSPS) is 10.9. The number of rotatable bonds is 9. The van der Waals surface area contributed by atoms with Crippen LogP contribution in [-0.2, 0) is 4.79 Å². The fraction of sp³-hybridized carbons (Fsp3) is 0.0208. The summed E-state index contributed by atoms with van der Waals surface area (Å²) in [6.07, 6.45) is 0. The van der Waals surface area contributed by atoms with Gasteiger partial charge in [0.05, 0.1) is 11.4 Å². The molecular weight excluding hydrogens is 637 g/mol. The van der Waals surface area contributed by atoms with Crippen LogP contribution in [0.3, 0.4) is 0 Å². The second kappa shape index (κ2) is 14.1. The maximum atomic E-state index is 12.2. The molecule has 4 nitrogen and oxygen atoms in total. The van der Waals surface area contributed by atoms with E-state index in [-0.39, 0.29) is 0 Å². The first-order valence-corrected chi connectivity index (χ1v) is 17.3. The second-order valence-corrected chi connectivity index (χ2v) is 12.8. The monoisotopic (exact) mass is 672 g/mol. The van der Waals surface area contributed by atoms with E-state index in [4.69, 9.17) is 4.74 Å². The number of nitrogens with zero attached hydrogens (tertiary/aromatic N) is 2. The van der Waals surface area contributed by atoms with E-state index < -0.39 is 5.97 Å². The van der Waals surface area contributed by atoms with Crippen molar-refractivity contribution in [2.24, 2.45) is 0 Å². The van der Waals surface area contributed by atoms with Crippen LogP contribution < -0.4 is 14.5 Å². The highest BCUT2D eigenvalue weighted by atomic mass is 16.5. The molecule has 0 unspecified atom stereocenters. The summed E-state index contributed by atoms with van der Waals surface area (Å²) < 4.78 is 5.49. The van der Waals surface area contributed by atoms with E-state index in [1.165, 1.54) is 10.8 Å². The maximum absolute atomic E-state index is 12.2. The van der Waals surface area contributed by atoms with Gasteiger partial charge in [-0.15, -0.1) is 0 Å². The van der Waals surface area contributed by atoms with Crippen molar-refractivity contribution in [3.63, 3.8) is 0 Å². The topological polar surface area (TPSA) is 32.8 Å².